The Bertz CT molecular complexity index is 1160. The number of amidine groups is 2. The van der Waals surface area contributed by atoms with E-state index in [9.17, 15) is 18.3 Å². The fraction of sp³-hybridized carbons (Fsp3) is 0.350. The predicted octanol–water partition coefficient (Wildman–Crippen LogP) is 2.51. The average Bonchev–Trinajstić information content (AvgIpc) is 3.18. The first-order valence-corrected chi connectivity index (χ1v) is 11.0. The van der Waals surface area contributed by atoms with Gasteiger partial charge in [0.05, 0.1) is 17.3 Å². The first-order chi connectivity index (χ1) is 14.5. The molecule has 0 saturated heterocycles. The highest BCUT2D eigenvalue weighted by atomic mass is 32.2. The van der Waals surface area contributed by atoms with Crippen molar-refractivity contribution in [2.24, 2.45) is 8.80 Å². The van der Waals surface area contributed by atoms with Crippen molar-refractivity contribution >= 4 is 33.5 Å². The van der Waals surface area contributed by atoms with Crippen LogP contribution >= 0.6 is 0 Å². The summed E-state index contributed by atoms with van der Waals surface area (Å²) in [5, 5.41) is 16.4. The van der Waals surface area contributed by atoms with Crippen molar-refractivity contribution in [3.8, 4) is 5.75 Å². The van der Waals surface area contributed by atoms with Crippen molar-refractivity contribution in [2.45, 2.75) is 33.2 Å². The number of benzene rings is 1. The van der Waals surface area contributed by atoms with Crippen LogP contribution in [0.25, 0.3) is 0 Å². The number of carbonyl (C=O) groups excluding carboxylic acids is 1. The molecule has 0 fully saturated rings. The first kappa shape index (κ1) is 22.3. The summed E-state index contributed by atoms with van der Waals surface area (Å²) in [5.41, 5.74) is 1.17. The van der Waals surface area contributed by atoms with E-state index >= 15 is 0 Å². The zero-order valence-corrected chi connectivity index (χ0v) is 18.7. The minimum Gasteiger partial charge on any atom is -0.505 e. The number of rotatable bonds is 5. The van der Waals surface area contributed by atoms with Crippen LogP contribution < -0.4 is 10.6 Å². The van der Waals surface area contributed by atoms with Crippen LogP contribution in [0.5, 0.6) is 5.75 Å². The molecule has 0 saturated carbocycles. The number of anilines is 1. The minimum atomic E-state index is -4.09. The highest BCUT2D eigenvalue weighted by molar-refractivity contribution is 7.89. The van der Waals surface area contributed by atoms with Gasteiger partial charge in [0.1, 0.15) is 11.5 Å². The standard InChI is InChI=1S/C20H25N5O5S/c1-6-14(16-10-11(2)12(3)30-16)21-18-19(24-31(28,29)23-18)22-15-9-7-8-13(17(15)26)20(27)25(4)5/h7-10,14,26H,6H2,1-5H3,(H,21,23)(H,22,24)/t14-/m1/s1. The summed E-state index contributed by atoms with van der Waals surface area (Å²) < 4.78 is 37.2. The summed E-state index contributed by atoms with van der Waals surface area (Å²) in [6, 6.07) is 6.08. The molecule has 3 rings (SSSR count). The lowest BCUT2D eigenvalue weighted by Gasteiger charge is -2.18. The second-order valence-electron chi connectivity index (χ2n) is 7.35. The molecule has 10 nitrogen and oxygen atoms in total. The van der Waals surface area contributed by atoms with Gasteiger partial charge in [-0.25, -0.2) is 0 Å². The van der Waals surface area contributed by atoms with E-state index in [4.69, 9.17) is 4.42 Å². The number of carbonyl (C=O) groups is 1. The maximum atomic E-state index is 12.3. The van der Waals surface area contributed by atoms with Crippen molar-refractivity contribution in [3.05, 3.63) is 46.9 Å². The lowest BCUT2D eigenvalue weighted by Crippen LogP contribution is -2.36. The Kier molecular flexibility index (Phi) is 6.07. The van der Waals surface area contributed by atoms with Gasteiger partial charge in [0.2, 0.25) is 0 Å². The predicted molar refractivity (Wildman–Crippen MR) is 118 cm³/mol. The van der Waals surface area contributed by atoms with Gasteiger partial charge in [-0.1, -0.05) is 13.0 Å². The monoisotopic (exact) mass is 447 g/mol. The van der Waals surface area contributed by atoms with Crippen molar-refractivity contribution in [3.63, 3.8) is 0 Å². The first-order valence-electron chi connectivity index (χ1n) is 9.61. The third-order valence-corrected chi connectivity index (χ3v) is 5.64. The lowest BCUT2D eigenvalue weighted by atomic mass is 10.1. The number of hydrogen-bond donors (Lipinski definition) is 3. The van der Waals surface area contributed by atoms with Gasteiger partial charge in [-0.3, -0.25) is 4.79 Å². The minimum absolute atomic E-state index is 0.0118. The molecule has 0 unspecified atom stereocenters. The van der Waals surface area contributed by atoms with Crippen LogP contribution in [0.2, 0.25) is 0 Å². The van der Waals surface area contributed by atoms with Crippen LogP contribution in [-0.4, -0.2) is 50.1 Å². The second-order valence-corrected chi connectivity index (χ2v) is 8.61. The van der Waals surface area contributed by atoms with Crippen LogP contribution in [0.4, 0.5) is 5.69 Å². The van der Waals surface area contributed by atoms with E-state index in [0.29, 0.717) is 12.2 Å². The smallest absolute Gasteiger partial charge is 0.367 e. The number of para-hydroxylation sites is 1. The molecule has 0 aliphatic carbocycles. The van der Waals surface area contributed by atoms with Gasteiger partial charge in [-0.15, -0.1) is 8.80 Å². The van der Waals surface area contributed by atoms with E-state index in [1.807, 2.05) is 26.8 Å². The SMILES string of the molecule is CC[C@@H](NC1=NS(=O)(=O)N=C1Nc1cccc(C(=O)N(C)C)c1O)c1cc(C)c(C)o1. The number of furan rings is 1. The van der Waals surface area contributed by atoms with Crippen LogP contribution in [0.1, 0.15) is 46.8 Å². The molecule has 166 valence electrons. The van der Waals surface area contributed by atoms with E-state index < -0.39 is 16.1 Å². The van der Waals surface area contributed by atoms with E-state index in [-0.39, 0.29) is 34.7 Å². The van der Waals surface area contributed by atoms with Crippen molar-refractivity contribution in [2.75, 3.05) is 19.4 Å². The molecule has 1 atom stereocenters. The molecule has 1 aromatic heterocycles. The van der Waals surface area contributed by atoms with Crippen LogP contribution in [0, 0.1) is 13.8 Å². The number of phenolic OH excluding ortho intramolecular Hbond substituents is 1. The number of amides is 1. The van der Waals surface area contributed by atoms with Gasteiger partial charge < -0.3 is 25.1 Å². The molecule has 2 aromatic rings. The Morgan fingerprint density at radius 2 is 1.90 bits per heavy atom. The highest BCUT2D eigenvalue weighted by Gasteiger charge is 2.29. The van der Waals surface area contributed by atoms with Crippen LogP contribution in [0.15, 0.2) is 37.5 Å². The summed E-state index contributed by atoms with van der Waals surface area (Å²) in [4.78, 5) is 13.6. The number of nitrogens with one attached hydrogen (secondary N) is 2. The Hall–Kier alpha value is -3.34. The van der Waals surface area contributed by atoms with Crippen molar-refractivity contribution in [1.82, 2.24) is 10.2 Å². The fourth-order valence-corrected chi connectivity index (χ4v) is 3.79. The molecule has 1 aromatic carbocycles. The zero-order valence-electron chi connectivity index (χ0n) is 17.9. The molecular weight excluding hydrogens is 422 g/mol. The summed E-state index contributed by atoms with van der Waals surface area (Å²) in [6.07, 6.45) is 0.594. The molecule has 1 aliphatic rings. The van der Waals surface area contributed by atoms with E-state index in [1.54, 1.807) is 20.2 Å². The molecule has 0 bridgehead atoms. The molecular formula is C20H25N5O5S. The van der Waals surface area contributed by atoms with Gasteiger partial charge >= 0.3 is 10.2 Å². The molecule has 1 amide bonds. The summed E-state index contributed by atoms with van der Waals surface area (Å²) in [6.45, 7) is 5.69. The zero-order chi connectivity index (χ0) is 22.9. The number of aryl methyl sites for hydroxylation is 2. The van der Waals surface area contributed by atoms with Crippen LogP contribution in [0.3, 0.4) is 0 Å². The van der Waals surface area contributed by atoms with E-state index in [1.165, 1.54) is 17.0 Å². The Balaban J connectivity index is 1.90. The van der Waals surface area contributed by atoms with E-state index in [2.05, 4.69) is 19.4 Å². The molecule has 2 heterocycles. The third kappa shape index (κ3) is 4.71. The molecule has 11 heteroatoms. The van der Waals surface area contributed by atoms with Gasteiger partial charge in [-0.2, -0.15) is 8.42 Å². The average molecular weight is 448 g/mol. The fourth-order valence-electron chi connectivity index (χ4n) is 3.01. The Labute approximate surface area is 180 Å². The van der Waals surface area contributed by atoms with Gasteiger partial charge in [-0.05, 0) is 44.0 Å². The van der Waals surface area contributed by atoms with Gasteiger partial charge in [0.25, 0.3) is 5.91 Å². The van der Waals surface area contributed by atoms with Gasteiger partial charge in [0.15, 0.2) is 17.4 Å². The van der Waals surface area contributed by atoms with Crippen molar-refractivity contribution < 1.29 is 22.7 Å². The number of hydrogen-bond acceptors (Lipinski definition) is 7. The lowest BCUT2D eigenvalue weighted by molar-refractivity contribution is 0.0824. The Morgan fingerprint density at radius 3 is 2.48 bits per heavy atom. The largest absolute Gasteiger partial charge is 0.505 e. The Morgan fingerprint density at radius 1 is 1.23 bits per heavy atom. The second kappa shape index (κ2) is 8.42. The maximum Gasteiger partial charge on any atom is 0.367 e. The van der Waals surface area contributed by atoms with Crippen molar-refractivity contribution in [1.29, 1.82) is 0 Å². The molecule has 1 aliphatic heterocycles. The summed E-state index contributed by atoms with van der Waals surface area (Å²) in [7, 11) is -0.968. The third-order valence-electron chi connectivity index (χ3n) is 4.81. The summed E-state index contributed by atoms with van der Waals surface area (Å²) in [5.74, 6) is 0.590. The number of nitrogens with zero attached hydrogens (tertiary/aromatic N) is 3. The summed E-state index contributed by atoms with van der Waals surface area (Å²) >= 11 is 0. The highest BCUT2D eigenvalue weighted by Crippen LogP contribution is 2.29. The molecule has 31 heavy (non-hydrogen) atoms. The molecule has 0 radical (unpaired) electrons. The topological polar surface area (TPSA) is 137 Å². The van der Waals surface area contributed by atoms with Crippen LogP contribution in [-0.2, 0) is 10.2 Å². The molecule has 3 N–H and O–H groups in total. The molecule has 0 spiro atoms. The van der Waals surface area contributed by atoms with Gasteiger partial charge in [0, 0.05) is 14.1 Å². The number of phenols is 1. The maximum absolute atomic E-state index is 12.3. The normalized spacial score (nSPS) is 15.8. The number of aromatic hydroxyl groups is 1. The quantitative estimate of drug-likeness (QED) is 0.599. The van der Waals surface area contributed by atoms with E-state index in [0.717, 1.165) is 11.3 Å².